The molecule has 0 aromatic carbocycles. The first-order chi connectivity index (χ1) is 9.15. The molecule has 3 heterocycles. The third-order valence-electron chi connectivity index (χ3n) is 4.05. The standard InChI is InChI=1S/C13H17N3O3/c1-8-6-14-19-12(8)13(18)16-5-4-10-9(7-16)2-3-11(17)15-10/h6,9-10H,2-5,7H2,1H3,(H,15,17). The SMILES string of the molecule is Cc1cnoc1C(=O)N1CCC2NC(=O)CCC2C1. The van der Waals surface area contributed by atoms with Crippen molar-refractivity contribution in [2.24, 2.45) is 5.92 Å². The van der Waals surface area contributed by atoms with Gasteiger partial charge in [0.15, 0.2) is 0 Å². The van der Waals surface area contributed by atoms with Gasteiger partial charge in [0, 0.05) is 31.1 Å². The number of fused-ring (bicyclic) bond motifs is 1. The lowest BCUT2D eigenvalue weighted by molar-refractivity contribution is -0.125. The van der Waals surface area contributed by atoms with Gasteiger partial charge < -0.3 is 14.7 Å². The fourth-order valence-corrected chi connectivity index (χ4v) is 2.93. The second-order valence-electron chi connectivity index (χ2n) is 5.35. The molecule has 2 aliphatic heterocycles. The summed E-state index contributed by atoms with van der Waals surface area (Å²) in [6.45, 7) is 3.15. The molecule has 2 unspecified atom stereocenters. The molecule has 1 aromatic heterocycles. The molecule has 3 rings (SSSR count). The molecule has 0 spiro atoms. The van der Waals surface area contributed by atoms with Gasteiger partial charge in [0.2, 0.25) is 11.7 Å². The van der Waals surface area contributed by atoms with Crippen molar-refractivity contribution in [2.75, 3.05) is 13.1 Å². The summed E-state index contributed by atoms with van der Waals surface area (Å²) in [5, 5.41) is 6.66. The Kier molecular flexibility index (Phi) is 3.00. The first-order valence-corrected chi connectivity index (χ1v) is 6.65. The molecular weight excluding hydrogens is 246 g/mol. The third kappa shape index (κ3) is 2.22. The van der Waals surface area contributed by atoms with Gasteiger partial charge in [0.25, 0.3) is 5.91 Å². The molecule has 1 aromatic rings. The van der Waals surface area contributed by atoms with E-state index in [0.717, 1.165) is 18.4 Å². The molecule has 0 saturated carbocycles. The Hall–Kier alpha value is -1.85. The lowest BCUT2D eigenvalue weighted by Gasteiger charge is -2.41. The highest BCUT2D eigenvalue weighted by molar-refractivity contribution is 5.92. The van der Waals surface area contributed by atoms with Crippen LogP contribution in [0.1, 0.15) is 35.4 Å². The van der Waals surface area contributed by atoms with Crippen molar-refractivity contribution in [1.29, 1.82) is 0 Å². The highest BCUT2D eigenvalue weighted by atomic mass is 16.5. The van der Waals surface area contributed by atoms with Crippen LogP contribution in [0.15, 0.2) is 10.7 Å². The van der Waals surface area contributed by atoms with Gasteiger partial charge in [-0.15, -0.1) is 0 Å². The maximum Gasteiger partial charge on any atom is 0.292 e. The highest BCUT2D eigenvalue weighted by Crippen LogP contribution is 2.26. The second-order valence-corrected chi connectivity index (χ2v) is 5.35. The van der Waals surface area contributed by atoms with E-state index in [1.54, 1.807) is 6.20 Å². The number of hydrogen-bond donors (Lipinski definition) is 1. The summed E-state index contributed by atoms with van der Waals surface area (Å²) in [5.74, 6) is 0.731. The van der Waals surface area contributed by atoms with Crippen LogP contribution in [0.4, 0.5) is 0 Å². The molecule has 2 atom stereocenters. The van der Waals surface area contributed by atoms with Crippen molar-refractivity contribution in [3.63, 3.8) is 0 Å². The summed E-state index contributed by atoms with van der Waals surface area (Å²) in [5.41, 5.74) is 0.768. The molecule has 102 valence electrons. The first kappa shape index (κ1) is 12.2. The number of piperidine rings is 2. The Balaban J connectivity index is 1.70. The molecule has 2 saturated heterocycles. The minimum atomic E-state index is -0.0923. The molecule has 2 amide bonds. The van der Waals surface area contributed by atoms with E-state index < -0.39 is 0 Å². The maximum absolute atomic E-state index is 12.3. The van der Waals surface area contributed by atoms with Crippen LogP contribution in [0.25, 0.3) is 0 Å². The molecule has 6 nitrogen and oxygen atoms in total. The van der Waals surface area contributed by atoms with Gasteiger partial charge in [-0.25, -0.2) is 0 Å². The van der Waals surface area contributed by atoms with Crippen LogP contribution in [0.5, 0.6) is 0 Å². The zero-order valence-electron chi connectivity index (χ0n) is 10.9. The van der Waals surface area contributed by atoms with Crippen LogP contribution in [0.2, 0.25) is 0 Å². The lowest BCUT2D eigenvalue weighted by Crippen LogP contribution is -2.55. The van der Waals surface area contributed by atoms with E-state index in [4.69, 9.17) is 4.52 Å². The molecule has 0 radical (unpaired) electrons. The summed E-state index contributed by atoms with van der Waals surface area (Å²) < 4.78 is 5.02. The van der Waals surface area contributed by atoms with E-state index in [1.807, 2.05) is 11.8 Å². The van der Waals surface area contributed by atoms with E-state index in [2.05, 4.69) is 10.5 Å². The average Bonchev–Trinajstić information content (AvgIpc) is 2.83. The van der Waals surface area contributed by atoms with Crippen LogP contribution in [0.3, 0.4) is 0 Å². The molecule has 6 heteroatoms. The number of hydrogen-bond acceptors (Lipinski definition) is 4. The second kappa shape index (κ2) is 4.68. The Morgan fingerprint density at radius 1 is 1.53 bits per heavy atom. The smallest absolute Gasteiger partial charge is 0.292 e. The largest absolute Gasteiger partial charge is 0.353 e. The van der Waals surface area contributed by atoms with Crippen LogP contribution in [-0.2, 0) is 4.79 Å². The van der Waals surface area contributed by atoms with Crippen LogP contribution < -0.4 is 5.32 Å². The number of rotatable bonds is 1. The minimum absolute atomic E-state index is 0.0923. The Labute approximate surface area is 111 Å². The first-order valence-electron chi connectivity index (χ1n) is 6.65. The van der Waals surface area contributed by atoms with Gasteiger partial charge in [-0.2, -0.15) is 0 Å². The fraction of sp³-hybridized carbons (Fsp3) is 0.615. The molecule has 2 fully saturated rings. The summed E-state index contributed by atoms with van der Waals surface area (Å²) in [4.78, 5) is 25.5. The summed E-state index contributed by atoms with van der Waals surface area (Å²) in [6.07, 6.45) is 3.79. The molecule has 1 N–H and O–H groups in total. The molecular formula is C13H17N3O3. The van der Waals surface area contributed by atoms with Crippen molar-refractivity contribution in [3.8, 4) is 0 Å². The van der Waals surface area contributed by atoms with Crippen molar-refractivity contribution in [2.45, 2.75) is 32.2 Å². The summed E-state index contributed by atoms with van der Waals surface area (Å²) in [6, 6.07) is 0.223. The number of likely N-dealkylation sites (tertiary alicyclic amines) is 1. The van der Waals surface area contributed by atoms with Gasteiger partial charge in [-0.3, -0.25) is 9.59 Å². The van der Waals surface area contributed by atoms with Gasteiger partial charge in [-0.05, 0) is 25.7 Å². The normalized spacial score (nSPS) is 26.8. The van der Waals surface area contributed by atoms with E-state index >= 15 is 0 Å². The molecule has 2 aliphatic rings. The van der Waals surface area contributed by atoms with Gasteiger partial charge >= 0.3 is 0 Å². The maximum atomic E-state index is 12.3. The zero-order valence-corrected chi connectivity index (χ0v) is 10.9. The van der Waals surface area contributed by atoms with E-state index in [0.29, 0.717) is 31.2 Å². The van der Waals surface area contributed by atoms with Gasteiger partial charge in [0.1, 0.15) is 0 Å². The van der Waals surface area contributed by atoms with Crippen LogP contribution in [-0.4, -0.2) is 41.0 Å². The Bertz CT molecular complexity index is 511. The molecule has 0 bridgehead atoms. The van der Waals surface area contributed by atoms with E-state index in [-0.39, 0.29) is 17.9 Å². The number of nitrogens with one attached hydrogen (secondary N) is 1. The lowest BCUT2D eigenvalue weighted by atomic mass is 9.85. The number of aryl methyl sites for hydroxylation is 1. The van der Waals surface area contributed by atoms with Crippen LogP contribution in [0, 0.1) is 12.8 Å². The highest BCUT2D eigenvalue weighted by Gasteiger charge is 2.36. The fourth-order valence-electron chi connectivity index (χ4n) is 2.93. The van der Waals surface area contributed by atoms with Gasteiger partial charge in [0.05, 0.1) is 6.20 Å². The summed E-state index contributed by atoms with van der Waals surface area (Å²) in [7, 11) is 0. The third-order valence-corrected chi connectivity index (χ3v) is 4.05. The number of amides is 2. The minimum Gasteiger partial charge on any atom is -0.353 e. The molecule has 19 heavy (non-hydrogen) atoms. The van der Waals surface area contributed by atoms with E-state index in [1.165, 1.54) is 0 Å². The number of carbonyl (C=O) groups is 2. The Morgan fingerprint density at radius 3 is 3.11 bits per heavy atom. The number of carbonyl (C=O) groups excluding carboxylic acids is 2. The number of aromatic nitrogens is 1. The predicted molar refractivity (Wildman–Crippen MR) is 66.4 cm³/mol. The average molecular weight is 263 g/mol. The quantitative estimate of drug-likeness (QED) is 0.810. The van der Waals surface area contributed by atoms with Crippen molar-refractivity contribution >= 4 is 11.8 Å². The topological polar surface area (TPSA) is 75.4 Å². The Morgan fingerprint density at radius 2 is 2.37 bits per heavy atom. The van der Waals surface area contributed by atoms with Crippen molar-refractivity contribution < 1.29 is 14.1 Å². The zero-order chi connectivity index (χ0) is 13.4. The number of nitrogens with zero attached hydrogens (tertiary/aromatic N) is 2. The predicted octanol–water partition coefficient (Wildman–Crippen LogP) is 0.724. The molecule has 0 aliphatic carbocycles. The monoisotopic (exact) mass is 263 g/mol. The van der Waals surface area contributed by atoms with Crippen LogP contribution >= 0.6 is 0 Å². The summed E-state index contributed by atoms with van der Waals surface area (Å²) >= 11 is 0. The van der Waals surface area contributed by atoms with Gasteiger partial charge in [-0.1, -0.05) is 5.16 Å². The van der Waals surface area contributed by atoms with E-state index in [9.17, 15) is 9.59 Å². The van der Waals surface area contributed by atoms with Crippen molar-refractivity contribution in [3.05, 3.63) is 17.5 Å². The van der Waals surface area contributed by atoms with Crippen molar-refractivity contribution in [1.82, 2.24) is 15.4 Å².